The molecule has 0 spiro atoms. The Balaban J connectivity index is 0.00000363. The van der Waals surface area contributed by atoms with Gasteiger partial charge in [0.2, 0.25) is 0 Å². The number of carbonyl (C=O) groups excluding carboxylic acids is 1. The predicted molar refractivity (Wildman–Crippen MR) is 112 cm³/mol. The van der Waals surface area contributed by atoms with E-state index in [1.54, 1.807) is 6.92 Å². The first-order chi connectivity index (χ1) is 14.2. The van der Waals surface area contributed by atoms with Gasteiger partial charge in [0.05, 0.1) is 37.1 Å². The molecule has 0 amide bonds. The second-order valence-electron chi connectivity index (χ2n) is 10.7. The number of hydrogen-bond acceptors (Lipinski definition) is 8. The minimum Gasteiger partial charge on any atom is -0.462 e. The van der Waals surface area contributed by atoms with Crippen LogP contribution in [0, 0.1) is 66.7 Å². The van der Waals surface area contributed by atoms with E-state index in [1.165, 1.54) is 13.8 Å². The van der Waals surface area contributed by atoms with Crippen LogP contribution in [0.1, 0.15) is 54.4 Å². The van der Waals surface area contributed by atoms with E-state index < -0.39 is 70.9 Å². The molecule has 10 atom stereocenters. The van der Waals surface area contributed by atoms with E-state index in [1.807, 2.05) is 26.8 Å². The van der Waals surface area contributed by atoms with Crippen molar-refractivity contribution in [2.75, 3.05) is 6.61 Å². The van der Waals surface area contributed by atoms with Gasteiger partial charge in [-0.1, -0.05) is 26.8 Å². The maximum atomic E-state index is 12.2. The number of aliphatic hydroxyl groups is 5. The number of aliphatic hydroxyl groups excluding tert-OH is 4. The SMILES string of the molecule is CC(=O)O[C@H](C1C[C@H](O)C(C)=CC1(C)C)C1[C@](C)([C@H](O)[C@@H](C)O)[C@@H](O)C[C@H]2OC[C@@]12O.[Ac]. The summed E-state index contributed by atoms with van der Waals surface area (Å²) in [5.74, 6) is -1.90. The van der Waals surface area contributed by atoms with Gasteiger partial charge in [-0.2, -0.15) is 0 Å². The third-order valence-electron chi connectivity index (χ3n) is 8.12. The fourth-order valence-electron chi connectivity index (χ4n) is 6.33. The first-order valence-corrected chi connectivity index (χ1v) is 11.1. The number of ether oxygens (including phenoxy) is 2. The van der Waals surface area contributed by atoms with Gasteiger partial charge in [0.15, 0.2) is 0 Å². The molecule has 2 aliphatic carbocycles. The number of carbonyl (C=O) groups is 1. The topological polar surface area (TPSA) is 137 Å². The van der Waals surface area contributed by atoms with E-state index >= 15 is 0 Å². The summed E-state index contributed by atoms with van der Waals surface area (Å²) in [6, 6.07) is 0. The van der Waals surface area contributed by atoms with Crippen LogP contribution < -0.4 is 0 Å². The molecule has 2 unspecified atom stereocenters. The minimum absolute atomic E-state index is 0. The molecule has 3 aliphatic rings. The summed E-state index contributed by atoms with van der Waals surface area (Å²) in [5.41, 5.74) is -2.53. The van der Waals surface area contributed by atoms with Crippen molar-refractivity contribution in [2.24, 2.45) is 22.7 Å². The molecule has 32 heavy (non-hydrogen) atoms. The molecule has 1 aliphatic heterocycles. The van der Waals surface area contributed by atoms with Crippen molar-refractivity contribution in [3.63, 3.8) is 0 Å². The van der Waals surface area contributed by atoms with Gasteiger partial charge in [0.1, 0.15) is 11.7 Å². The summed E-state index contributed by atoms with van der Waals surface area (Å²) in [7, 11) is 0. The fourth-order valence-corrected chi connectivity index (χ4v) is 6.33. The Morgan fingerprint density at radius 2 is 1.81 bits per heavy atom. The average molecular weight is 670 g/mol. The Labute approximate surface area is 225 Å². The van der Waals surface area contributed by atoms with Crippen molar-refractivity contribution in [3.8, 4) is 0 Å². The van der Waals surface area contributed by atoms with Crippen LogP contribution in [-0.2, 0) is 14.3 Å². The molecule has 2 fully saturated rings. The van der Waals surface area contributed by atoms with Gasteiger partial charge in [-0.25, -0.2) is 0 Å². The van der Waals surface area contributed by atoms with E-state index in [9.17, 15) is 30.3 Å². The second-order valence-corrected chi connectivity index (χ2v) is 10.7. The summed E-state index contributed by atoms with van der Waals surface area (Å²) in [6.07, 6.45) is -3.69. The standard InChI is InChI=1S/C23H38O8.Ac/c1-11-9-21(4,5)14(7-15(11)26)18(31-13(3)25)19-22(6,20(28)12(2)24)16(27)8-17-23(19,29)10-30-17;/h9,12,14-20,24,26-29H,7-8,10H2,1-6H3;/t12-,14?,15+,16+,17-,18-,19?,20-,22-,23+;/m1./s1. The van der Waals surface area contributed by atoms with Crippen LogP contribution in [0.25, 0.3) is 0 Å². The van der Waals surface area contributed by atoms with E-state index in [0.29, 0.717) is 6.42 Å². The average Bonchev–Trinajstić information content (AvgIpc) is 2.64. The second kappa shape index (κ2) is 9.81. The van der Waals surface area contributed by atoms with E-state index in [-0.39, 0.29) is 57.1 Å². The monoisotopic (exact) mass is 669 g/mol. The molecule has 1 heterocycles. The third kappa shape index (κ3) is 4.63. The van der Waals surface area contributed by atoms with Crippen LogP contribution >= 0.6 is 0 Å². The van der Waals surface area contributed by atoms with E-state index in [2.05, 4.69) is 0 Å². The van der Waals surface area contributed by atoms with Crippen LogP contribution in [0.5, 0.6) is 0 Å². The first kappa shape index (κ1) is 28.6. The molecule has 9 heteroatoms. The number of fused-ring (bicyclic) bond motifs is 1. The van der Waals surface area contributed by atoms with Gasteiger partial charge in [-0.05, 0) is 31.3 Å². The van der Waals surface area contributed by atoms with Gasteiger partial charge >= 0.3 is 5.97 Å². The Morgan fingerprint density at radius 3 is 2.28 bits per heavy atom. The number of rotatable bonds is 5. The van der Waals surface area contributed by atoms with Crippen LogP contribution in [-0.4, -0.2) is 80.3 Å². The van der Waals surface area contributed by atoms with Gasteiger partial charge in [0, 0.05) is 74.7 Å². The van der Waals surface area contributed by atoms with Gasteiger partial charge < -0.3 is 35.0 Å². The molecule has 1 radical (unpaired) electrons. The molecule has 1 saturated carbocycles. The molecule has 0 aromatic heterocycles. The van der Waals surface area contributed by atoms with Crippen molar-refractivity contribution in [3.05, 3.63) is 11.6 Å². The van der Waals surface area contributed by atoms with Crippen molar-refractivity contribution in [1.82, 2.24) is 0 Å². The molecule has 5 N–H and O–H groups in total. The van der Waals surface area contributed by atoms with Crippen molar-refractivity contribution < 1.29 is 83.9 Å². The number of allylic oxidation sites excluding steroid dienone is 1. The van der Waals surface area contributed by atoms with Crippen molar-refractivity contribution in [1.29, 1.82) is 0 Å². The maximum absolute atomic E-state index is 12.2. The quantitative estimate of drug-likeness (QED) is 0.212. The molecule has 0 bridgehead atoms. The van der Waals surface area contributed by atoms with Crippen LogP contribution in [0.4, 0.5) is 0 Å². The number of esters is 1. The Bertz CT molecular complexity index is 740. The molecular weight excluding hydrogens is 631 g/mol. The third-order valence-corrected chi connectivity index (χ3v) is 8.12. The minimum atomic E-state index is -1.46. The van der Waals surface area contributed by atoms with Crippen molar-refractivity contribution >= 4 is 5.97 Å². The van der Waals surface area contributed by atoms with Crippen LogP contribution in [0.15, 0.2) is 11.6 Å². The first-order valence-electron chi connectivity index (χ1n) is 11.1. The maximum Gasteiger partial charge on any atom is 0.302 e. The summed E-state index contributed by atoms with van der Waals surface area (Å²) >= 11 is 0. The Hall–Kier alpha value is 0.412. The zero-order chi connectivity index (χ0) is 23.5. The van der Waals surface area contributed by atoms with Gasteiger partial charge in [-0.3, -0.25) is 4.79 Å². The van der Waals surface area contributed by atoms with E-state index in [4.69, 9.17) is 9.47 Å². The van der Waals surface area contributed by atoms with E-state index in [0.717, 1.165) is 5.57 Å². The molecule has 0 aromatic carbocycles. The normalized spacial score (nSPS) is 43.5. The molecule has 3 rings (SSSR count). The summed E-state index contributed by atoms with van der Waals surface area (Å²) in [6.45, 7) is 10.1. The number of hydrogen-bond donors (Lipinski definition) is 5. The summed E-state index contributed by atoms with van der Waals surface area (Å²) < 4.78 is 11.4. The Morgan fingerprint density at radius 1 is 1.22 bits per heavy atom. The van der Waals surface area contributed by atoms with Crippen LogP contribution in [0.3, 0.4) is 0 Å². The Kier molecular flexibility index (Phi) is 8.78. The molecule has 8 nitrogen and oxygen atoms in total. The van der Waals surface area contributed by atoms with Gasteiger partial charge in [0.25, 0.3) is 0 Å². The van der Waals surface area contributed by atoms with Crippen molar-refractivity contribution in [2.45, 2.75) is 96.6 Å². The predicted octanol–water partition coefficient (Wildman–Crippen LogP) is 0.530. The molecule has 1 saturated heterocycles. The van der Waals surface area contributed by atoms with Crippen LogP contribution in [0.2, 0.25) is 0 Å². The smallest absolute Gasteiger partial charge is 0.302 e. The summed E-state index contributed by atoms with van der Waals surface area (Å²) in [5, 5.41) is 54.7. The molecule has 181 valence electrons. The molecule has 0 aromatic rings. The zero-order valence-corrected chi connectivity index (χ0v) is 24.6. The zero-order valence-electron chi connectivity index (χ0n) is 19.9. The fraction of sp³-hybridized carbons (Fsp3) is 0.870. The largest absolute Gasteiger partial charge is 0.462 e. The summed E-state index contributed by atoms with van der Waals surface area (Å²) in [4.78, 5) is 12.2. The van der Waals surface area contributed by atoms with Gasteiger partial charge in [-0.15, -0.1) is 0 Å². The molecular formula is C23H38AcO8.